The summed E-state index contributed by atoms with van der Waals surface area (Å²) in [5.41, 5.74) is 7.30. The van der Waals surface area contributed by atoms with Crippen molar-refractivity contribution in [3.63, 3.8) is 0 Å². The number of primary amides is 1. The van der Waals surface area contributed by atoms with Crippen molar-refractivity contribution in [2.24, 2.45) is 24.6 Å². The smallest absolute Gasteiger partial charge is 0.223 e. The fraction of sp³-hybridized carbons (Fsp3) is 0.389. The van der Waals surface area contributed by atoms with E-state index in [1.165, 1.54) is 12.1 Å². The number of nitrogens with two attached hydrogens (primary N) is 1. The third-order valence-electron chi connectivity index (χ3n) is 4.60. The van der Waals surface area contributed by atoms with E-state index < -0.39 is 11.8 Å². The molecule has 132 valence electrons. The standard InChI is InChI=1S/C18H21FN4O2/c1-23-10-13(9-22-23)15-7-16(15)18(25)21-8-12(17(20)24)6-11-2-4-14(19)5-3-11/h2-5,9-10,12,15-16H,6-8H2,1H3,(H2,20,24)(H,21,25)/t12-,15-,16-/m0/s1. The van der Waals surface area contributed by atoms with Crippen LogP contribution in [-0.2, 0) is 23.1 Å². The van der Waals surface area contributed by atoms with Crippen LogP contribution in [0.3, 0.4) is 0 Å². The number of nitrogens with zero attached hydrogens (tertiary/aromatic N) is 2. The summed E-state index contributed by atoms with van der Waals surface area (Å²) < 4.78 is 14.7. The summed E-state index contributed by atoms with van der Waals surface area (Å²) in [4.78, 5) is 23.9. The van der Waals surface area contributed by atoms with Crippen LogP contribution in [0.2, 0.25) is 0 Å². The highest BCUT2D eigenvalue weighted by molar-refractivity contribution is 5.84. The number of hydrogen-bond acceptors (Lipinski definition) is 3. The fourth-order valence-electron chi connectivity index (χ4n) is 3.02. The highest BCUT2D eigenvalue weighted by atomic mass is 19.1. The molecule has 1 aromatic heterocycles. The van der Waals surface area contributed by atoms with E-state index >= 15 is 0 Å². The zero-order valence-corrected chi connectivity index (χ0v) is 14.0. The zero-order chi connectivity index (χ0) is 18.0. The molecule has 1 aliphatic carbocycles. The molecule has 1 heterocycles. The summed E-state index contributed by atoms with van der Waals surface area (Å²) in [6.45, 7) is 0.182. The van der Waals surface area contributed by atoms with E-state index in [0.29, 0.717) is 6.42 Å². The Labute approximate surface area is 145 Å². The average molecular weight is 344 g/mol. The molecule has 25 heavy (non-hydrogen) atoms. The van der Waals surface area contributed by atoms with Crippen LogP contribution in [-0.4, -0.2) is 28.1 Å². The molecule has 6 nitrogen and oxygen atoms in total. The maximum absolute atomic E-state index is 13.0. The molecule has 3 N–H and O–H groups in total. The first-order valence-corrected chi connectivity index (χ1v) is 8.24. The van der Waals surface area contributed by atoms with E-state index in [0.717, 1.165) is 17.5 Å². The van der Waals surface area contributed by atoms with Gasteiger partial charge in [-0.25, -0.2) is 4.39 Å². The number of benzene rings is 1. The summed E-state index contributed by atoms with van der Waals surface area (Å²) in [6, 6.07) is 5.92. The summed E-state index contributed by atoms with van der Waals surface area (Å²) in [7, 11) is 1.84. The van der Waals surface area contributed by atoms with Gasteiger partial charge in [-0.15, -0.1) is 0 Å². The van der Waals surface area contributed by atoms with Crippen molar-refractivity contribution in [2.45, 2.75) is 18.8 Å². The molecular weight excluding hydrogens is 323 g/mol. The fourth-order valence-corrected chi connectivity index (χ4v) is 3.02. The van der Waals surface area contributed by atoms with Crippen LogP contribution in [0.4, 0.5) is 4.39 Å². The summed E-state index contributed by atoms with van der Waals surface area (Å²) in [5.74, 6) is -1.29. The molecule has 1 fully saturated rings. The molecule has 0 unspecified atom stereocenters. The predicted molar refractivity (Wildman–Crippen MR) is 89.9 cm³/mol. The van der Waals surface area contributed by atoms with E-state index in [9.17, 15) is 14.0 Å². The Morgan fingerprint density at radius 2 is 2.12 bits per heavy atom. The van der Waals surface area contributed by atoms with Crippen LogP contribution in [0.25, 0.3) is 0 Å². The normalized spacial score (nSPS) is 20.1. The lowest BCUT2D eigenvalue weighted by Crippen LogP contribution is -2.38. The van der Waals surface area contributed by atoms with Crippen LogP contribution in [0, 0.1) is 17.7 Å². The third kappa shape index (κ3) is 4.23. The number of hydrogen-bond donors (Lipinski definition) is 2. The molecule has 1 aromatic carbocycles. The summed E-state index contributed by atoms with van der Waals surface area (Å²) in [6.07, 6.45) is 4.85. The molecule has 0 spiro atoms. The minimum atomic E-state index is -0.523. The molecular formula is C18H21FN4O2. The maximum Gasteiger partial charge on any atom is 0.223 e. The predicted octanol–water partition coefficient (Wildman–Crippen LogP) is 1.12. The molecule has 0 bridgehead atoms. The highest BCUT2D eigenvalue weighted by Crippen LogP contribution is 2.47. The van der Waals surface area contributed by atoms with E-state index in [4.69, 9.17) is 5.73 Å². The van der Waals surface area contributed by atoms with Crippen molar-refractivity contribution in [3.05, 3.63) is 53.6 Å². The van der Waals surface area contributed by atoms with Crippen molar-refractivity contribution >= 4 is 11.8 Å². The number of rotatable bonds is 7. The molecule has 0 radical (unpaired) electrons. The lowest BCUT2D eigenvalue weighted by molar-refractivity contribution is -0.124. The molecule has 3 atom stereocenters. The largest absolute Gasteiger partial charge is 0.369 e. The van der Waals surface area contributed by atoms with Gasteiger partial charge in [-0.05, 0) is 42.0 Å². The van der Waals surface area contributed by atoms with Gasteiger partial charge in [0.25, 0.3) is 0 Å². The third-order valence-corrected chi connectivity index (χ3v) is 4.60. The van der Waals surface area contributed by atoms with Crippen LogP contribution in [0.1, 0.15) is 23.5 Å². The Kier molecular flexibility index (Phi) is 4.83. The first-order valence-electron chi connectivity index (χ1n) is 8.24. The second-order valence-corrected chi connectivity index (χ2v) is 6.57. The number of halogens is 1. The highest BCUT2D eigenvalue weighted by Gasteiger charge is 2.44. The van der Waals surface area contributed by atoms with Gasteiger partial charge >= 0.3 is 0 Å². The number of aromatic nitrogens is 2. The Bertz CT molecular complexity index is 772. The van der Waals surface area contributed by atoms with Crippen LogP contribution >= 0.6 is 0 Å². The molecule has 2 amide bonds. The zero-order valence-electron chi connectivity index (χ0n) is 14.0. The number of carbonyl (C=O) groups excluding carboxylic acids is 2. The minimum Gasteiger partial charge on any atom is -0.369 e. The second-order valence-electron chi connectivity index (χ2n) is 6.57. The lowest BCUT2D eigenvalue weighted by Gasteiger charge is -2.14. The molecule has 7 heteroatoms. The van der Waals surface area contributed by atoms with Crippen molar-refractivity contribution in [2.75, 3.05) is 6.54 Å². The number of amides is 2. The van der Waals surface area contributed by atoms with E-state index in [-0.39, 0.29) is 30.1 Å². The minimum absolute atomic E-state index is 0.0702. The van der Waals surface area contributed by atoms with Gasteiger partial charge in [0.2, 0.25) is 11.8 Å². The van der Waals surface area contributed by atoms with E-state index in [1.807, 2.05) is 13.2 Å². The first-order chi connectivity index (χ1) is 11.9. The van der Waals surface area contributed by atoms with Gasteiger partial charge in [0.1, 0.15) is 5.82 Å². The number of nitrogens with one attached hydrogen (secondary N) is 1. The summed E-state index contributed by atoms with van der Waals surface area (Å²) in [5, 5.41) is 6.94. The van der Waals surface area contributed by atoms with Crippen molar-refractivity contribution in [3.8, 4) is 0 Å². The molecule has 3 rings (SSSR count). The van der Waals surface area contributed by atoms with E-state index in [1.54, 1.807) is 23.0 Å². The SMILES string of the molecule is Cn1cc([C@@H]2C[C@@H]2C(=O)NC[C@H](Cc2ccc(F)cc2)C(N)=O)cn1. The molecule has 0 saturated heterocycles. The van der Waals surface area contributed by atoms with Gasteiger partial charge < -0.3 is 11.1 Å². The average Bonchev–Trinajstić information content (AvgIpc) is 3.27. The van der Waals surface area contributed by atoms with Crippen molar-refractivity contribution in [1.29, 1.82) is 0 Å². The van der Waals surface area contributed by atoms with Crippen molar-refractivity contribution < 1.29 is 14.0 Å². The van der Waals surface area contributed by atoms with Gasteiger partial charge in [0, 0.05) is 25.7 Å². The van der Waals surface area contributed by atoms with Crippen molar-refractivity contribution in [1.82, 2.24) is 15.1 Å². The second kappa shape index (κ2) is 7.04. The number of aryl methyl sites for hydroxylation is 1. The van der Waals surface area contributed by atoms with Crippen LogP contribution in [0.5, 0.6) is 0 Å². The molecule has 1 saturated carbocycles. The molecule has 1 aliphatic rings. The Morgan fingerprint density at radius 3 is 2.72 bits per heavy atom. The van der Waals surface area contributed by atoms with Gasteiger partial charge in [-0.3, -0.25) is 14.3 Å². The van der Waals surface area contributed by atoms with Crippen LogP contribution < -0.4 is 11.1 Å². The Balaban J connectivity index is 1.52. The number of carbonyl (C=O) groups is 2. The lowest BCUT2D eigenvalue weighted by atomic mass is 9.98. The maximum atomic E-state index is 13.0. The molecule has 2 aromatic rings. The van der Waals surface area contributed by atoms with Gasteiger partial charge in [0.15, 0.2) is 0 Å². The van der Waals surface area contributed by atoms with Gasteiger partial charge in [-0.1, -0.05) is 12.1 Å². The van der Waals surface area contributed by atoms with Gasteiger partial charge in [0.05, 0.1) is 12.1 Å². The van der Waals surface area contributed by atoms with Crippen LogP contribution in [0.15, 0.2) is 36.7 Å². The molecule has 0 aliphatic heterocycles. The van der Waals surface area contributed by atoms with E-state index in [2.05, 4.69) is 10.4 Å². The van der Waals surface area contributed by atoms with Gasteiger partial charge in [-0.2, -0.15) is 5.10 Å². The quantitative estimate of drug-likeness (QED) is 0.789. The first kappa shape index (κ1) is 17.1. The monoisotopic (exact) mass is 344 g/mol. The Morgan fingerprint density at radius 1 is 1.40 bits per heavy atom. The topological polar surface area (TPSA) is 90.0 Å². The Hall–Kier alpha value is -2.70. The summed E-state index contributed by atoms with van der Waals surface area (Å²) >= 11 is 0.